The number of aryl methyl sites for hydroxylation is 1. The number of nitrogens with one attached hydrogen (secondary N) is 2. The summed E-state index contributed by atoms with van der Waals surface area (Å²) in [7, 11) is 3.85. The lowest BCUT2D eigenvalue weighted by Crippen LogP contribution is -2.31. The molecule has 0 spiro atoms. The number of rotatable bonds is 7. The number of pyridine rings is 1. The average molecular weight is 475 g/mol. The van der Waals surface area contributed by atoms with Gasteiger partial charge in [-0.2, -0.15) is 5.26 Å². The highest BCUT2D eigenvalue weighted by atomic mass is 16.2. The van der Waals surface area contributed by atoms with Crippen LogP contribution in [0, 0.1) is 18.3 Å². The first-order valence-electron chi connectivity index (χ1n) is 11.2. The zero-order valence-corrected chi connectivity index (χ0v) is 20.9. The molecule has 0 aliphatic rings. The van der Waals surface area contributed by atoms with Crippen LogP contribution in [0.25, 0.3) is 5.69 Å². The van der Waals surface area contributed by atoms with Gasteiger partial charge in [-0.1, -0.05) is 26.0 Å². The largest absolute Gasteiger partial charge is 0.349 e. The normalized spacial score (nSPS) is 11.3. The molecule has 0 atom stereocenters. The summed E-state index contributed by atoms with van der Waals surface area (Å²) in [6, 6.07) is 8.97. The molecule has 0 aliphatic carbocycles. The minimum Gasteiger partial charge on any atom is -0.349 e. The van der Waals surface area contributed by atoms with E-state index in [1.807, 2.05) is 39.8 Å². The number of hydrogen-bond acceptors (Lipinski definition) is 7. The number of hydrogen-bond donors (Lipinski definition) is 2. The summed E-state index contributed by atoms with van der Waals surface area (Å²) in [5.41, 5.74) is 3.33. The Labute approximate surface area is 205 Å². The molecule has 35 heavy (non-hydrogen) atoms. The summed E-state index contributed by atoms with van der Waals surface area (Å²) in [5.74, 6) is -0.677. The number of carbonyl (C=O) groups is 2. The van der Waals surface area contributed by atoms with Gasteiger partial charge in [0.25, 0.3) is 11.8 Å². The van der Waals surface area contributed by atoms with Crippen LogP contribution in [0.15, 0.2) is 36.7 Å². The van der Waals surface area contributed by atoms with Crippen molar-refractivity contribution in [1.29, 1.82) is 5.26 Å². The van der Waals surface area contributed by atoms with Gasteiger partial charge >= 0.3 is 0 Å². The molecule has 2 heterocycles. The summed E-state index contributed by atoms with van der Waals surface area (Å²) in [5, 5.41) is 23.0. The van der Waals surface area contributed by atoms with E-state index in [1.54, 1.807) is 37.4 Å². The fourth-order valence-electron chi connectivity index (χ4n) is 3.25. The predicted molar refractivity (Wildman–Crippen MR) is 133 cm³/mol. The number of likely N-dealkylation sites (N-methyl/N-ethyl adjacent to an activating group) is 1. The molecule has 10 nitrogen and oxygen atoms in total. The van der Waals surface area contributed by atoms with Gasteiger partial charge in [0.05, 0.1) is 41.1 Å². The van der Waals surface area contributed by atoms with Gasteiger partial charge in [0.2, 0.25) is 0 Å². The van der Waals surface area contributed by atoms with Gasteiger partial charge in [-0.25, -0.2) is 4.68 Å². The Morgan fingerprint density at radius 2 is 1.89 bits per heavy atom. The molecule has 0 aliphatic heterocycles. The van der Waals surface area contributed by atoms with Crippen molar-refractivity contribution < 1.29 is 9.59 Å². The van der Waals surface area contributed by atoms with Crippen LogP contribution >= 0.6 is 0 Å². The first-order chi connectivity index (χ1) is 16.5. The quantitative estimate of drug-likeness (QED) is 0.539. The molecule has 0 saturated heterocycles. The predicted octanol–water partition coefficient (Wildman–Crippen LogP) is 2.68. The van der Waals surface area contributed by atoms with Crippen LogP contribution in [0.2, 0.25) is 0 Å². The smallest absolute Gasteiger partial charge is 0.273 e. The summed E-state index contributed by atoms with van der Waals surface area (Å²) in [6.07, 6.45) is 3.06. The Hall–Kier alpha value is -4.10. The Kier molecular flexibility index (Phi) is 7.62. The van der Waals surface area contributed by atoms with Crippen molar-refractivity contribution in [2.45, 2.75) is 33.1 Å². The van der Waals surface area contributed by atoms with Crippen molar-refractivity contribution in [2.24, 2.45) is 0 Å². The molecule has 2 N–H and O–H groups in total. The topological polar surface area (TPSA) is 129 Å². The Morgan fingerprint density at radius 1 is 1.14 bits per heavy atom. The summed E-state index contributed by atoms with van der Waals surface area (Å²) < 4.78 is 1.45. The van der Waals surface area contributed by atoms with Crippen molar-refractivity contribution in [2.75, 3.05) is 32.5 Å². The van der Waals surface area contributed by atoms with Crippen molar-refractivity contribution in [3.05, 3.63) is 64.7 Å². The fourth-order valence-corrected chi connectivity index (χ4v) is 3.25. The van der Waals surface area contributed by atoms with E-state index in [4.69, 9.17) is 0 Å². The van der Waals surface area contributed by atoms with Crippen LogP contribution in [0.5, 0.6) is 0 Å². The van der Waals surface area contributed by atoms with Crippen molar-refractivity contribution >= 4 is 17.5 Å². The second-order valence-electron chi connectivity index (χ2n) is 9.55. The van der Waals surface area contributed by atoms with Crippen molar-refractivity contribution in [1.82, 2.24) is 30.2 Å². The summed E-state index contributed by atoms with van der Waals surface area (Å²) in [6.45, 7) is 9.07. The molecule has 0 bridgehead atoms. The van der Waals surface area contributed by atoms with E-state index in [0.717, 1.165) is 5.56 Å². The second kappa shape index (κ2) is 10.4. The first kappa shape index (κ1) is 25.5. The molecular weight excluding hydrogens is 444 g/mol. The van der Waals surface area contributed by atoms with Gasteiger partial charge in [-0.15, -0.1) is 5.10 Å². The third-order valence-electron chi connectivity index (χ3n) is 5.33. The third-order valence-corrected chi connectivity index (χ3v) is 5.33. The van der Waals surface area contributed by atoms with Crippen LogP contribution in [-0.2, 0) is 5.41 Å². The number of nitrogens with zero attached hydrogens (tertiary/aromatic N) is 6. The van der Waals surface area contributed by atoms with Crippen LogP contribution in [0.3, 0.4) is 0 Å². The third kappa shape index (κ3) is 6.49. The zero-order valence-electron chi connectivity index (χ0n) is 20.9. The number of benzene rings is 1. The standard InChI is InChI=1S/C25H30N8O2/c1-16-22(33-15-21(30-31-33)24(35)27-7-8-32(5)6)12-20(14-28-16)29-23(34)18-9-17(13-26)10-19(11-18)25(2,3)4/h9-12,14-15H,7-8H2,1-6H3,(H,27,35)(H,29,34). The Balaban J connectivity index is 1.81. The van der Waals surface area contributed by atoms with Crippen LogP contribution in [0.4, 0.5) is 5.69 Å². The van der Waals surface area contributed by atoms with E-state index in [9.17, 15) is 14.9 Å². The van der Waals surface area contributed by atoms with E-state index < -0.39 is 0 Å². The number of amides is 2. The van der Waals surface area contributed by atoms with Crippen molar-refractivity contribution in [3.8, 4) is 11.8 Å². The zero-order chi connectivity index (χ0) is 25.8. The van der Waals surface area contributed by atoms with Gasteiger partial charge in [0, 0.05) is 18.7 Å². The highest BCUT2D eigenvalue weighted by Gasteiger charge is 2.19. The molecule has 3 rings (SSSR count). The van der Waals surface area contributed by atoms with E-state index in [1.165, 1.54) is 10.9 Å². The Bertz CT molecular complexity index is 1280. The lowest BCUT2D eigenvalue weighted by molar-refractivity contribution is 0.0945. The molecule has 0 unspecified atom stereocenters. The van der Waals surface area contributed by atoms with Gasteiger partial charge < -0.3 is 15.5 Å². The maximum Gasteiger partial charge on any atom is 0.273 e. The summed E-state index contributed by atoms with van der Waals surface area (Å²) in [4.78, 5) is 31.6. The Morgan fingerprint density at radius 3 is 2.54 bits per heavy atom. The van der Waals surface area contributed by atoms with Gasteiger partial charge in [0.1, 0.15) is 0 Å². The van der Waals surface area contributed by atoms with E-state index >= 15 is 0 Å². The number of aromatic nitrogens is 4. The molecule has 2 aromatic heterocycles. The molecule has 2 amide bonds. The molecule has 182 valence electrons. The van der Waals surface area contributed by atoms with E-state index in [2.05, 4.69) is 32.0 Å². The fraction of sp³-hybridized carbons (Fsp3) is 0.360. The highest BCUT2D eigenvalue weighted by molar-refractivity contribution is 6.04. The first-order valence-corrected chi connectivity index (χ1v) is 11.2. The molecule has 0 fully saturated rings. The molecule has 3 aromatic rings. The van der Waals surface area contributed by atoms with Crippen molar-refractivity contribution in [3.63, 3.8) is 0 Å². The number of anilines is 1. The molecule has 10 heteroatoms. The molecular formula is C25H30N8O2. The molecule has 0 saturated carbocycles. The van der Waals surface area contributed by atoms with E-state index in [-0.39, 0.29) is 22.9 Å². The van der Waals surface area contributed by atoms with Gasteiger partial charge in [-0.05, 0) is 56.3 Å². The lowest BCUT2D eigenvalue weighted by Gasteiger charge is -2.20. The average Bonchev–Trinajstić information content (AvgIpc) is 3.29. The highest BCUT2D eigenvalue weighted by Crippen LogP contribution is 2.25. The van der Waals surface area contributed by atoms with E-state index in [0.29, 0.717) is 41.3 Å². The van der Waals surface area contributed by atoms with Gasteiger partial charge in [0.15, 0.2) is 5.69 Å². The monoisotopic (exact) mass is 474 g/mol. The number of carbonyl (C=O) groups excluding carboxylic acids is 2. The SMILES string of the molecule is Cc1ncc(NC(=O)c2cc(C#N)cc(C(C)(C)C)c2)cc1-n1cc(C(=O)NCCN(C)C)nn1. The molecule has 0 radical (unpaired) electrons. The molecule has 1 aromatic carbocycles. The maximum atomic E-state index is 13.0. The maximum absolute atomic E-state index is 13.0. The van der Waals surface area contributed by atoms with Crippen LogP contribution in [0.1, 0.15) is 58.4 Å². The van der Waals surface area contributed by atoms with Crippen LogP contribution < -0.4 is 10.6 Å². The van der Waals surface area contributed by atoms with Gasteiger partial charge in [-0.3, -0.25) is 14.6 Å². The number of nitriles is 1. The minimum absolute atomic E-state index is 0.181. The summed E-state index contributed by atoms with van der Waals surface area (Å²) >= 11 is 0. The minimum atomic E-state index is -0.358. The van der Waals surface area contributed by atoms with Crippen LogP contribution in [-0.4, -0.2) is 63.9 Å². The lowest BCUT2D eigenvalue weighted by atomic mass is 9.85. The second-order valence-corrected chi connectivity index (χ2v) is 9.55.